The van der Waals surface area contributed by atoms with Crippen molar-refractivity contribution < 1.29 is 17.6 Å². The van der Waals surface area contributed by atoms with E-state index in [1.165, 1.54) is 6.07 Å². The fraction of sp³-hybridized carbons (Fsp3) is 0.417. The third-order valence-electron chi connectivity index (χ3n) is 3.04. The lowest BCUT2D eigenvalue weighted by Gasteiger charge is -2.13. The summed E-state index contributed by atoms with van der Waals surface area (Å²) in [5.74, 6) is -1.62. The number of sulfone groups is 1. The number of benzene rings is 1. The van der Waals surface area contributed by atoms with E-state index >= 15 is 0 Å². The van der Waals surface area contributed by atoms with Gasteiger partial charge in [0, 0.05) is 23.3 Å². The third-order valence-corrected chi connectivity index (χ3v) is 4.60. The van der Waals surface area contributed by atoms with E-state index in [2.05, 4.69) is 26.6 Å². The van der Waals surface area contributed by atoms with Crippen LogP contribution in [0.2, 0.25) is 0 Å². The van der Waals surface area contributed by atoms with E-state index in [1.54, 1.807) is 0 Å². The van der Waals surface area contributed by atoms with E-state index in [1.807, 2.05) is 0 Å². The first-order chi connectivity index (χ1) is 9.29. The van der Waals surface area contributed by atoms with E-state index in [0.717, 1.165) is 25.3 Å². The number of hydrogen-bond donors (Lipinski definition) is 2. The smallest absolute Gasteiger partial charge is 0.254 e. The molecule has 1 heterocycles. The Morgan fingerprint density at radius 3 is 2.67 bits per heavy atom. The molecule has 0 radical (unpaired) electrons. The van der Waals surface area contributed by atoms with Crippen LogP contribution in [0.1, 0.15) is 16.8 Å². The van der Waals surface area contributed by atoms with Crippen molar-refractivity contribution in [3.8, 4) is 0 Å². The van der Waals surface area contributed by atoms with Crippen LogP contribution >= 0.6 is 28.3 Å². The Hall–Kier alpha value is -0.700. The van der Waals surface area contributed by atoms with Gasteiger partial charge in [0.15, 0.2) is 15.7 Å². The molecule has 1 saturated heterocycles. The summed E-state index contributed by atoms with van der Waals surface area (Å²) in [6.07, 6.45) is 1.67. The summed E-state index contributed by atoms with van der Waals surface area (Å²) in [7, 11) is -3.74. The van der Waals surface area contributed by atoms with Crippen LogP contribution < -0.4 is 10.6 Å². The molecule has 9 heteroatoms. The second-order valence-electron chi connectivity index (χ2n) is 4.70. The Kier molecular flexibility index (Phi) is 6.15. The zero-order valence-corrected chi connectivity index (χ0v) is 14.4. The lowest BCUT2D eigenvalue weighted by atomic mass is 10.1. The van der Waals surface area contributed by atoms with E-state index in [0.29, 0.717) is 11.0 Å². The minimum absolute atomic E-state index is 0. The van der Waals surface area contributed by atoms with Gasteiger partial charge in [-0.2, -0.15) is 0 Å². The van der Waals surface area contributed by atoms with Gasteiger partial charge in [0.2, 0.25) is 0 Å². The Balaban J connectivity index is 0.00000220. The normalized spacial score (nSPS) is 18.1. The zero-order chi connectivity index (χ0) is 14.9. The summed E-state index contributed by atoms with van der Waals surface area (Å²) < 4.78 is 37.6. The minimum Gasteiger partial charge on any atom is -0.348 e. The second-order valence-corrected chi connectivity index (χ2v) is 7.60. The first-order valence-electron chi connectivity index (χ1n) is 5.99. The van der Waals surface area contributed by atoms with Gasteiger partial charge >= 0.3 is 0 Å². The van der Waals surface area contributed by atoms with Crippen LogP contribution in [0.4, 0.5) is 4.39 Å². The monoisotopic (exact) mass is 400 g/mol. The molecule has 1 atom stereocenters. The highest BCUT2D eigenvalue weighted by Crippen LogP contribution is 2.24. The molecule has 118 valence electrons. The van der Waals surface area contributed by atoms with Crippen molar-refractivity contribution in [2.75, 3.05) is 19.3 Å². The number of hydrogen-bond acceptors (Lipinski definition) is 4. The molecule has 1 aliphatic rings. The number of halogens is 3. The molecule has 2 rings (SSSR count). The summed E-state index contributed by atoms with van der Waals surface area (Å²) in [5, 5.41) is 5.76. The number of nitrogens with one attached hydrogen (secondary N) is 2. The number of rotatable bonds is 3. The molecule has 1 aliphatic heterocycles. The standard InChI is InChI=1S/C12H14BrFN2O3S.ClH/c1-20(18,19)10-5-7(13)4-9(11(10)14)12(17)16-8-2-3-15-6-8;/h4-5,8,15H,2-3,6H2,1H3,(H,16,17);1H. The fourth-order valence-electron chi connectivity index (χ4n) is 2.04. The predicted octanol–water partition coefficient (Wildman–Crippen LogP) is 1.51. The van der Waals surface area contributed by atoms with Gasteiger partial charge in [-0.1, -0.05) is 15.9 Å². The Morgan fingerprint density at radius 2 is 2.14 bits per heavy atom. The quantitative estimate of drug-likeness (QED) is 0.805. The van der Waals surface area contributed by atoms with Crippen molar-refractivity contribution in [2.24, 2.45) is 0 Å². The number of amides is 1. The molecule has 0 spiro atoms. The van der Waals surface area contributed by atoms with E-state index in [4.69, 9.17) is 0 Å². The van der Waals surface area contributed by atoms with E-state index in [-0.39, 0.29) is 24.0 Å². The zero-order valence-electron chi connectivity index (χ0n) is 11.2. The maximum Gasteiger partial charge on any atom is 0.254 e. The maximum absolute atomic E-state index is 14.2. The number of carbonyl (C=O) groups is 1. The van der Waals surface area contributed by atoms with E-state index in [9.17, 15) is 17.6 Å². The molecule has 0 saturated carbocycles. The molecule has 1 unspecified atom stereocenters. The molecule has 0 aliphatic carbocycles. The van der Waals surface area contributed by atoms with Gasteiger partial charge in [0.05, 0.1) is 5.56 Å². The molecule has 1 amide bonds. The van der Waals surface area contributed by atoms with Crippen LogP contribution in [-0.4, -0.2) is 39.7 Å². The van der Waals surface area contributed by atoms with Gasteiger partial charge < -0.3 is 10.6 Å². The van der Waals surface area contributed by atoms with Crippen LogP contribution in [0.25, 0.3) is 0 Å². The van der Waals surface area contributed by atoms with Crippen LogP contribution in [0.15, 0.2) is 21.5 Å². The van der Waals surface area contributed by atoms with Gasteiger partial charge in [-0.05, 0) is 25.1 Å². The molecular formula is C12H15BrClFN2O3S. The van der Waals surface area contributed by atoms with Gasteiger partial charge in [-0.3, -0.25) is 4.79 Å². The molecule has 1 aromatic rings. The minimum atomic E-state index is -3.74. The Morgan fingerprint density at radius 1 is 1.48 bits per heavy atom. The van der Waals surface area contributed by atoms with E-state index < -0.39 is 26.5 Å². The van der Waals surface area contributed by atoms with Crippen molar-refractivity contribution >= 4 is 44.1 Å². The first-order valence-corrected chi connectivity index (χ1v) is 8.68. The highest BCUT2D eigenvalue weighted by atomic mass is 79.9. The van der Waals surface area contributed by atoms with Crippen molar-refractivity contribution in [1.82, 2.24) is 10.6 Å². The Labute approximate surface area is 137 Å². The van der Waals surface area contributed by atoms with Crippen LogP contribution in [-0.2, 0) is 9.84 Å². The van der Waals surface area contributed by atoms with Gasteiger partial charge in [-0.15, -0.1) is 12.4 Å². The SMILES string of the molecule is CS(=O)(=O)c1cc(Br)cc(C(=O)NC2CCNC2)c1F.Cl. The molecule has 1 fully saturated rings. The molecule has 5 nitrogen and oxygen atoms in total. The van der Waals surface area contributed by atoms with Crippen molar-refractivity contribution in [3.05, 3.63) is 28.0 Å². The highest BCUT2D eigenvalue weighted by Gasteiger charge is 2.24. The average Bonchev–Trinajstić information content (AvgIpc) is 2.83. The summed E-state index contributed by atoms with van der Waals surface area (Å²) in [4.78, 5) is 11.6. The summed E-state index contributed by atoms with van der Waals surface area (Å²) in [6.45, 7) is 1.42. The average molecular weight is 402 g/mol. The fourth-order valence-corrected chi connectivity index (χ4v) is 3.43. The summed E-state index contributed by atoms with van der Waals surface area (Å²) in [5.41, 5.74) is -0.272. The molecule has 0 aromatic heterocycles. The third kappa shape index (κ3) is 4.38. The highest BCUT2D eigenvalue weighted by molar-refractivity contribution is 9.10. The molecule has 2 N–H and O–H groups in total. The molecule has 0 bridgehead atoms. The summed E-state index contributed by atoms with van der Waals surface area (Å²) in [6, 6.07) is 2.36. The van der Waals surface area contributed by atoms with Crippen molar-refractivity contribution in [3.63, 3.8) is 0 Å². The molecular weight excluding hydrogens is 387 g/mol. The van der Waals surface area contributed by atoms with Crippen molar-refractivity contribution in [2.45, 2.75) is 17.4 Å². The van der Waals surface area contributed by atoms with Gasteiger partial charge in [0.25, 0.3) is 5.91 Å². The summed E-state index contributed by atoms with van der Waals surface area (Å²) >= 11 is 3.10. The van der Waals surface area contributed by atoms with Gasteiger partial charge in [-0.25, -0.2) is 12.8 Å². The topological polar surface area (TPSA) is 75.3 Å². The van der Waals surface area contributed by atoms with Crippen LogP contribution in [0.3, 0.4) is 0 Å². The lowest BCUT2D eigenvalue weighted by Crippen LogP contribution is -2.36. The predicted molar refractivity (Wildman–Crippen MR) is 83.2 cm³/mol. The first kappa shape index (κ1) is 18.3. The molecule has 21 heavy (non-hydrogen) atoms. The second kappa shape index (κ2) is 7.04. The van der Waals surface area contributed by atoms with Crippen LogP contribution in [0.5, 0.6) is 0 Å². The largest absolute Gasteiger partial charge is 0.348 e. The van der Waals surface area contributed by atoms with Gasteiger partial charge in [0.1, 0.15) is 4.90 Å². The lowest BCUT2D eigenvalue weighted by molar-refractivity contribution is 0.0935. The van der Waals surface area contributed by atoms with Crippen LogP contribution in [0, 0.1) is 5.82 Å². The maximum atomic E-state index is 14.2. The number of carbonyl (C=O) groups excluding carboxylic acids is 1. The van der Waals surface area contributed by atoms with Crippen molar-refractivity contribution in [1.29, 1.82) is 0 Å². The Bertz CT molecular complexity index is 648. The molecule has 1 aromatic carbocycles.